The van der Waals surface area contributed by atoms with Crippen molar-refractivity contribution in [2.45, 2.75) is 11.8 Å². The zero-order valence-electron chi connectivity index (χ0n) is 10.4. The molecule has 0 aliphatic rings. The van der Waals surface area contributed by atoms with Crippen molar-refractivity contribution in [1.29, 1.82) is 0 Å². The summed E-state index contributed by atoms with van der Waals surface area (Å²) in [6.07, 6.45) is 0. The van der Waals surface area contributed by atoms with Gasteiger partial charge in [0.05, 0.1) is 17.1 Å². The zero-order valence-corrected chi connectivity index (χ0v) is 12.8. The molecule has 0 amide bonds. The highest BCUT2D eigenvalue weighted by Crippen LogP contribution is 2.24. The molecule has 0 aliphatic carbocycles. The molecule has 0 bridgehead atoms. The van der Waals surface area contributed by atoms with Crippen LogP contribution in [0.4, 0.5) is 15.8 Å². The molecular formula is C12H11BrFN3O2S. The number of hydrogen-bond acceptors (Lipinski definition) is 4. The largest absolute Gasteiger partial charge is 0.398 e. The van der Waals surface area contributed by atoms with Crippen LogP contribution in [0.1, 0.15) is 5.69 Å². The number of benzene rings is 1. The Morgan fingerprint density at radius 3 is 2.65 bits per heavy atom. The summed E-state index contributed by atoms with van der Waals surface area (Å²) < 4.78 is 40.5. The standard InChI is InChI=1S/C12H11BrFN3O2S/c1-7-10(4-5-12(13)16-7)17-20(18,19)11-6-8(14)2-3-9(11)15/h2-6,17H,15H2,1H3. The second-order valence-electron chi connectivity index (χ2n) is 4.05. The maximum absolute atomic E-state index is 13.2. The third-order valence-electron chi connectivity index (χ3n) is 2.56. The number of aromatic nitrogens is 1. The van der Waals surface area contributed by atoms with Gasteiger partial charge >= 0.3 is 0 Å². The molecule has 20 heavy (non-hydrogen) atoms. The summed E-state index contributed by atoms with van der Waals surface area (Å²) in [6, 6.07) is 6.33. The van der Waals surface area contributed by atoms with E-state index in [-0.39, 0.29) is 10.6 Å². The van der Waals surface area contributed by atoms with E-state index in [2.05, 4.69) is 25.6 Å². The molecule has 5 nitrogen and oxygen atoms in total. The number of halogens is 2. The van der Waals surface area contributed by atoms with E-state index < -0.39 is 15.8 Å². The van der Waals surface area contributed by atoms with E-state index in [0.717, 1.165) is 12.1 Å². The van der Waals surface area contributed by atoms with Gasteiger partial charge in [0.1, 0.15) is 15.3 Å². The number of nitrogens with two attached hydrogens (primary N) is 1. The fourth-order valence-electron chi connectivity index (χ4n) is 1.58. The van der Waals surface area contributed by atoms with Crippen molar-refractivity contribution in [1.82, 2.24) is 4.98 Å². The average molecular weight is 360 g/mol. The summed E-state index contributed by atoms with van der Waals surface area (Å²) >= 11 is 3.18. The number of rotatable bonds is 3. The van der Waals surface area contributed by atoms with Gasteiger partial charge in [0.15, 0.2) is 0 Å². The molecule has 2 rings (SSSR count). The minimum atomic E-state index is -3.97. The predicted octanol–water partition coefficient (Wildman–Crippen LogP) is 2.67. The number of nitrogen functional groups attached to an aromatic ring is 1. The van der Waals surface area contributed by atoms with E-state index in [1.807, 2.05) is 0 Å². The number of nitrogens with zero attached hydrogens (tertiary/aromatic N) is 1. The van der Waals surface area contributed by atoms with Crippen molar-refractivity contribution >= 4 is 37.3 Å². The minimum absolute atomic E-state index is 0.0263. The molecule has 106 valence electrons. The Bertz CT molecular complexity index is 765. The smallest absolute Gasteiger partial charge is 0.264 e. The molecule has 0 aliphatic heterocycles. The zero-order chi connectivity index (χ0) is 14.9. The van der Waals surface area contributed by atoms with Gasteiger partial charge < -0.3 is 5.73 Å². The second-order valence-corrected chi connectivity index (χ2v) is 6.52. The van der Waals surface area contributed by atoms with Gasteiger partial charge in [-0.1, -0.05) is 0 Å². The highest BCUT2D eigenvalue weighted by Gasteiger charge is 2.19. The molecule has 0 saturated heterocycles. The van der Waals surface area contributed by atoms with Crippen LogP contribution in [0.5, 0.6) is 0 Å². The number of sulfonamides is 1. The fraction of sp³-hybridized carbons (Fsp3) is 0.0833. The molecule has 0 atom stereocenters. The lowest BCUT2D eigenvalue weighted by molar-refractivity contribution is 0.596. The molecule has 0 fully saturated rings. The van der Waals surface area contributed by atoms with Crippen molar-refractivity contribution in [2.75, 3.05) is 10.5 Å². The first-order valence-corrected chi connectivity index (χ1v) is 7.78. The number of aryl methyl sites for hydroxylation is 1. The van der Waals surface area contributed by atoms with Crippen molar-refractivity contribution in [3.8, 4) is 0 Å². The molecule has 0 radical (unpaired) electrons. The summed E-state index contributed by atoms with van der Waals surface area (Å²) in [5.74, 6) is -0.676. The first kappa shape index (κ1) is 14.7. The Balaban J connectivity index is 2.43. The van der Waals surface area contributed by atoms with Crippen molar-refractivity contribution in [3.63, 3.8) is 0 Å². The molecule has 0 spiro atoms. The second kappa shape index (κ2) is 5.37. The van der Waals surface area contributed by atoms with Crippen LogP contribution in [0.15, 0.2) is 39.8 Å². The molecule has 3 N–H and O–H groups in total. The van der Waals surface area contributed by atoms with Crippen molar-refractivity contribution in [2.24, 2.45) is 0 Å². The van der Waals surface area contributed by atoms with Crippen LogP contribution in [0.3, 0.4) is 0 Å². The summed E-state index contributed by atoms with van der Waals surface area (Å²) in [4.78, 5) is 3.77. The maximum atomic E-state index is 13.2. The molecule has 1 aromatic heterocycles. The van der Waals surface area contributed by atoms with E-state index >= 15 is 0 Å². The SMILES string of the molecule is Cc1nc(Br)ccc1NS(=O)(=O)c1cc(F)ccc1N. The molecule has 0 unspecified atom stereocenters. The average Bonchev–Trinajstić information content (AvgIpc) is 2.35. The number of nitrogens with one attached hydrogen (secondary N) is 1. The maximum Gasteiger partial charge on any atom is 0.264 e. The third kappa shape index (κ3) is 3.07. The van der Waals surface area contributed by atoms with Gasteiger partial charge in [0.2, 0.25) is 0 Å². The highest BCUT2D eigenvalue weighted by atomic mass is 79.9. The van der Waals surface area contributed by atoms with Crippen LogP contribution >= 0.6 is 15.9 Å². The van der Waals surface area contributed by atoms with Gasteiger partial charge in [-0.05, 0) is 53.2 Å². The van der Waals surface area contributed by atoms with Gasteiger partial charge in [0, 0.05) is 0 Å². The number of anilines is 2. The quantitative estimate of drug-likeness (QED) is 0.651. The van der Waals surface area contributed by atoms with Gasteiger partial charge in [-0.2, -0.15) is 0 Å². The van der Waals surface area contributed by atoms with Gasteiger partial charge in [-0.25, -0.2) is 17.8 Å². The lowest BCUT2D eigenvalue weighted by Gasteiger charge is -2.11. The molecule has 1 aromatic carbocycles. The predicted molar refractivity (Wildman–Crippen MR) is 78.3 cm³/mol. The monoisotopic (exact) mass is 359 g/mol. The normalized spacial score (nSPS) is 11.3. The molecule has 8 heteroatoms. The highest BCUT2D eigenvalue weighted by molar-refractivity contribution is 9.10. The Kier molecular flexibility index (Phi) is 3.96. The Labute approximate surface area is 124 Å². The summed E-state index contributed by atoms with van der Waals surface area (Å²) in [5, 5.41) is 0. The molecule has 1 heterocycles. The topological polar surface area (TPSA) is 85.1 Å². The van der Waals surface area contributed by atoms with Crippen molar-refractivity contribution in [3.05, 3.63) is 46.4 Å². The Hall–Kier alpha value is -1.67. The van der Waals surface area contributed by atoms with Crippen LogP contribution in [0.2, 0.25) is 0 Å². The summed E-state index contributed by atoms with van der Waals surface area (Å²) in [7, 11) is -3.97. The van der Waals surface area contributed by atoms with Crippen LogP contribution in [-0.2, 0) is 10.0 Å². The lowest BCUT2D eigenvalue weighted by atomic mass is 10.3. The van der Waals surface area contributed by atoms with Crippen molar-refractivity contribution < 1.29 is 12.8 Å². The van der Waals surface area contributed by atoms with Gasteiger partial charge in [-0.15, -0.1) is 0 Å². The molecular weight excluding hydrogens is 349 g/mol. The first-order valence-electron chi connectivity index (χ1n) is 5.50. The fourth-order valence-corrected chi connectivity index (χ4v) is 3.24. The van der Waals surface area contributed by atoms with E-state index in [4.69, 9.17) is 5.73 Å². The van der Waals surface area contributed by atoms with E-state index in [9.17, 15) is 12.8 Å². The summed E-state index contributed by atoms with van der Waals surface area (Å²) in [5.41, 5.74) is 6.34. The van der Waals surface area contributed by atoms with E-state index in [1.165, 1.54) is 6.07 Å². The van der Waals surface area contributed by atoms with Gasteiger partial charge in [0.25, 0.3) is 10.0 Å². The Morgan fingerprint density at radius 2 is 2.00 bits per heavy atom. The first-order chi connectivity index (χ1) is 9.29. The van der Waals surface area contributed by atoms with Crippen LogP contribution in [-0.4, -0.2) is 13.4 Å². The Morgan fingerprint density at radius 1 is 1.30 bits per heavy atom. The third-order valence-corrected chi connectivity index (χ3v) is 4.42. The lowest BCUT2D eigenvalue weighted by Crippen LogP contribution is -2.16. The molecule has 2 aromatic rings. The van der Waals surface area contributed by atoms with Crippen LogP contribution in [0, 0.1) is 12.7 Å². The van der Waals surface area contributed by atoms with Gasteiger partial charge in [-0.3, -0.25) is 4.72 Å². The van der Waals surface area contributed by atoms with Crippen LogP contribution in [0.25, 0.3) is 0 Å². The van der Waals surface area contributed by atoms with Crippen LogP contribution < -0.4 is 10.5 Å². The van der Waals surface area contributed by atoms with E-state index in [1.54, 1.807) is 19.1 Å². The van der Waals surface area contributed by atoms with E-state index in [0.29, 0.717) is 16.0 Å². The molecule has 0 saturated carbocycles. The number of pyridine rings is 1. The summed E-state index contributed by atoms with van der Waals surface area (Å²) in [6.45, 7) is 1.65. The number of hydrogen-bond donors (Lipinski definition) is 2. The minimum Gasteiger partial charge on any atom is -0.398 e.